The zero-order valence-corrected chi connectivity index (χ0v) is 12.0. The highest BCUT2D eigenvalue weighted by molar-refractivity contribution is 7.89. The van der Waals surface area contributed by atoms with E-state index in [-0.39, 0.29) is 4.90 Å². The van der Waals surface area contributed by atoms with Crippen LogP contribution in [0.3, 0.4) is 0 Å². The van der Waals surface area contributed by atoms with Gasteiger partial charge in [0.1, 0.15) is 0 Å². The van der Waals surface area contributed by atoms with Crippen molar-refractivity contribution in [3.05, 3.63) is 29.8 Å². The SMILES string of the molecule is CN1CCC(NCCc2ccc(S(N)(=O)=O)cc2)C1. The molecule has 1 aromatic carbocycles. The van der Waals surface area contributed by atoms with Gasteiger partial charge < -0.3 is 10.2 Å². The molecule has 0 saturated carbocycles. The number of primary sulfonamides is 1. The van der Waals surface area contributed by atoms with Crippen LogP contribution in [0.1, 0.15) is 12.0 Å². The first-order valence-electron chi connectivity index (χ1n) is 6.49. The minimum atomic E-state index is -3.58. The number of likely N-dealkylation sites (N-methyl/N-ethyl adjacent to an activating group) is 1. The van der Waals surface area contributed by atoms with Gasteiger partial charge >= 0.3 is 0 Å². The van der Waals surface area contributed by atoms with Crippen molar-refractivity contribution in [3.63, 3.8) is 0 Å². The lowest BCUT2D eigenvalue weighted by molar-refractivity contribution is 0.398. The summed E-state index contributed by atoms with van der Waals surface area (Å²) in [5, 5.41) is 8.58. The average molecular weight is 283 g/mol. The molecule has 1 fully saturated rings. The molecular formula is C13H21N3O2S. The molecule has 0 aromatic heterocycles. The summed E-state index contributed by atoms with van der Waals surface area (Å²) in [6.07, 6.45) is 2.09. The molecule has 106 valence electrons. The summed E-state index contributed by atoms with van der Waals surface area (Å²) in [4.78, 5) is 2.49. The van der Waals surface area contributed by atoms with Gasteiger partial charge in [0, 0.05) is 12.6 Å². The number of nitrogens with one attached hydrogen (secondary N) is 1. The molecule has 0 radical (unpaired) electrons. The molecule has 2 rings (SSSR count). The molecule has 3 N–H and O–H groups in total. The normalized spacial score (nSPS) is 20.8. The van der Waals surface area contributed by atoms with Gasteiger partial charge in [0.15, 0.2) is 0 Å². The summed E-state index contributed by atoms with van der Waals surface area (Å²) in [5.74, 6) is 0. The number of sulfonamides is 1. The summed E-state index contributed by atoms with van der Waals surface area (Å²) < 4.78 is 22.2. The van der Waals surface area contributed by atoms with E-state index in [0.29, 0.717) is 6.04 Å². The van der Waals surface area contributed by atoms with Crippen LogP contribution in [0.25, 0.3) is 0 Å². The maximum absolute atomic E-state index is 11.1. The molecule has 1 unspecified atom stereocenters. The number of nitrogens with two attached hydrogens (primary N) is 1. The van der Waals surface area contributed by atoms with Crippen LogP contribution in [-0.4, -0.2) is 46.0 Å². The van der Waals surface area contributed by atoms with E-state index in [2.05, 4.69) is 17.3 Å². The van der Waals surface area contributed by atoms with Crippen molar-refractivity contribution < 1.29 is 8.42 Å². The third-order valence-electron chi connectivity index (χ3n) is 3.49. The Morgan fingerprint density at radius 3 is 2.58 bits per heavy atom. The van der Waals surface area contributed by atoms with Gasteiger partial charge in [0.25, 0.3) is 0 Å². The Morgan fingerprint density at radius 1 is 1.37 bits per heavy atom. The first kappa shape index (κ1) is 14.5. The first-order chi connectivity index (χ1) is 8.95. The molecule has 1 atom stereocenters. The number of rotatable bonds is 5. The van der Waals surface area contributed by atoms with Crippen LogP contribution in [0.5, 0.6) is 0 Å². The average Bonchev–Trinajstić information content (AvgIpc) is 2.75. The largest absolute Gasteiger partial charge is 0.312 e. The highest BCUT2D eigenvalue weighted by atomic mass is 32.2. The van der Waals surface area contributed by atoms with Crippen molar-refractivity contribution >= 4 is 10.0 Å². The molecule has 1 aromatic rings. The predicted octanol–water partition coefficient (Wildman–Crippen LogP) is 0.170. The van der Waals surface area contributed by atoms with Crippen molar-refractivity contribution in [1.82, 2.24) is 10.2 Å². The Labute approximate surface area is 114 Å². The molecular weight excluding hydrogens is 262 g/mol. The predicted molar refractivity (Wildman–Crippen MR) is 75.4 cm³/mol. The van der Waals surface area contributed by atoms with E-state index in [0.717, 1.165) is 31.6 Å². The molecule has 0 amide bonds. The van der Waals surface area contributed by atoms with Gasteiger partial charge in [-0.1, -0.05) is 12.1 Å². The number of benzene rings is 1. The lowest BCUT2D eigenvalue weighted by Gasteiger charge is -2.12. The summed E-state index contributed by atoms with van der Waals surface area (Å²) in [5.41, 5.74) is 1.12. The van der Waals surface area contributed by atoms with Gasteiger partial charge in [0.2, 0.25) is 10.0 Å². The van der Waals surface area contributed by atoms with Crippen molar-refractivity contribution in [1.29, 1.82) is 0 Å². The second-order valence-corrected chi connectivity index (χ2v) is 6.70. The fraction of sp³-hybridized carbons (Fsp3) is 0.538. The Kier molecular flexibility index (Phi) is 4.57. The van der Waals surface area contributed by atoms with Gasteiger partial charge in [-0.2, -0.15) is 0 Å². The quantitative estimate of drug-likeness (QED) is 0.808. The van der Waals surface area contributed by atoms with Crippen molar-refractivity contribution in [2.45, 2.75) is 23.8 Å². The van der Waals surface area contributed by atoms with Crippen LogP contribution < -0.4 is 10.5 Å². The maximum Gasteiger partial charge on any atom is 0.238 e. The number of nitrogens with zero attached hydrogens (tertiary/aromatic N) is 1. The van der Waals surface area contributed by atoms with Crippen LogP contribution in [0, 0.1) is 0 Å². The highest BCUT2D eigenvalue weighted by Gasteiger charge is 2.18. The number of likely N-dealkylation sites (tertiary alicyclic amines) is 1. The van der Waals surface area contributed by atoms with Gasteiger partial charge in [0.05, 0.1) is 4.90 Å². The Balaban J connectivity index is 1.80. The fourth-order valence-corrected chi connectivity index (χ4v) is 2.88. The monoisotopic (exact) mass is 283 g/mol. The molecule has 0 spiro atoms. The smallest absolute Gasteiger partial charge is 0.238 e. The number of hydrogen-bond acceptors (Lipinski definition) is 4. The van der Waals surface area contributed by atoms with E-state index < -0.39 is 10.0 Å². The fourth-order valence-electron chi connectivity index (χ4n) is 2.37. The molecule has 0 aliphatic carbocycles. The molecule has 0 bridgehead atoms. The van der Waals surface area contributed by atoms with Gasteiger partial charge in [-0.25, -0.2) is 13.6 Å². The van der Waals surface area contributed by atoms with Gasteiger partial charge in [-0.3, -0.25) is 0 Å². The van der Waals surface area contributed by atoms with Crippen molar-refractivity contribution in [2.24, 2.45) is 5.14 Å². The van der Waals surface area contributed by atoms with E-state index >= 15 is 0 Å². The Hall–Kier alpha value is -0.950. The molecule has 1 heterocycles. The van der Waals surface area contributed by atoms with Gasteiger partial charge in [-0.15, -0.1) is 0 Å². The third kappa shape index (κ3) is 4.28. The molecule has 5 nitrogen and oxygen atoms in total. The lowest BCUT2D eigenvalue weighted by atomic mass is 10.1. The highest BCUT2D eigenvalue weighted by Crippen LogP contribution is 2.10. The summed E-state index contributed by atoms with van der Waals surface area (Å²) in [6.45, 7) is 3.16. The third-order valence-corrected chi connectivity index (χ3v) is 4.42. The van der Waals surface area contributed by atoms with Crippen LogP contribution in [0.4, 0.5) is 0 Å². The molecule has 1 aliphatic rings. The van der Waals surface area contributed by atoms with E-state index in [9.17, 15) is 8.42 Å². The minimum Gasteiger partial charge on any atom is -0.312 e. The Morgan fingerprint density at radius 2 is 2.05 bits per heavy atom. The summed E-state index contributed by atoms with van der Waals surface area (Å²) in [6, 6.07) is 7.35. The van der Waals surface area contributed by atoms with E-state index in [4.69, 9.17) is 5.14 Å². The topological polar surface area (TPSA) is 75.4 Å². The minimum absolute atomic E-state index is 0.168. The standard InChI is InChI=1S/C13H21N3O2S/c1-16-9-7-12(10-16)15-8-6-11-2-4-13(5-3-11)19(14,17)18/h2-5,12,15H,6-10H2,1H3,(H2,14,17,18). The zero-order valence-electron chi connectivity index (χ0n) is 11.2. The van der Waals surface area contributed by atoms with Crippen molar-refractivity contribution in [3.8, 4) is 0 Å². The first-order valence-corrected chi connectivity index (χ1v) is 8.03. The van der Waals surface area contributed by atoms with Crippen LogP contribution >= 0.6 is 0 Å². The molecule has 6 heteroatoms. The van der Waals surface area contributed by atoms with Crippen LogP contribution in [0.2, 0.25) is 0 Å². The van der Waals surface area contributed by atoms with Crippen molar-refractivity contribution in [2.75, 3.05) is 26.7 Å². The van der Waals surface area contributed by atoms with Crippen LogP contribution in [-0.2, 0) is 16.4 Å². The molecule has 19 heavy (non-hydrogen) atoms. The van der Waals surface area contributed by atoms with Crippen LogP contribution in [0.15, 0.2) is 29.2 Å². The zero-order chi connectivity index (χ0) is 13.9. The Bertz CT molecular complexity index is 513. The molecule has 1 saturated heterocycles. The lowest BCUT2D eigenvalue weighted by Crippen LogP contribution is -2.32. The van der Waals surface area contributed by atoms with E-state index in [1.54, 1.807) is 12.1 Å². The maximum atomic E-state index is 11.1. The van der Waals surface area contributed by atoms with Gasteiger partial charge in [-0.05, 0) is 50.7 Å². The second kappa shape index (κ2) is 6.00. The summed E-state index contributed by atoms with van der Waals surface area (Å²) >= 11 is 0. The second-order valence-electron chi connectivity index (χ2n) is 5.14. The number of hydrogen-bond donors (Lipinski definition) is 2. The molecule has 1 aliphatic heterocycles. The summed E-state index contributed by atoms with van der Waals surface area (Å²) in [7, 11) is -1.45. The van der Waals surface area contributed by atoms with E-state index in [1.165, 1.54) is 6.42 Å². The van der Waals surface area contributed by atoms with E-state index in [1.807, 2.05) is 12.1 Å².